The Morgan fingerprint density at radius 2 is 1.45 bits per heavy atom. The molecule has 3 rings (SSSR count). The Hall–Kier alpha value is -2.88. The highest BCUT2D eigenvalue weighted by Crippen LogP contribution is 2.37. The minimum Gasteiger partial charge on any atom is -0.507 e. The zero-order valence-corrected chi connectivity index (χ0v) is 12.0. The molecule has 110 valence electrons. The third kappa shape index (κ3) is 2.09. The molecule has 0 heterocycles. The van der Waals surface area contributed by atoms with Crippen molar-refractivity contribution in [1.82, 2.24) is 0 Å². The number of aromatic hydroxyl groups is 2. The summed E-state index contributed by atoms with van der Waals surface area (Å²) in [6.07, 6.45) is 2.09. The summed E-state index contributed by atoms with van der Waals surface area (Å²) in [5.41, 5.74) is 1.69. The van der Waals surface area contributed by atoms with E-state index in [1.54, 1.807) is 12.1 Å². The number of Topliss-reactive ketones (excluding diaryl/α,β-unsaturated/α-hetero) is 1. The molecule has 0 atom stereocenters. The molecule has 0 spiro atoms. The second kappa shape index (κ2) is 5.15. The van der Waals surface area contributed by atoms with Gasteiger partial charge in [-0.3, -0.25) is 9.59 Å². The van der Waals surface area contributed by atoms with E-state index in [9.17, 15) is 19.8 Å². The van der Waals surface area contributed by atoms with Crippen molar-refractivity contribution in [2.24, 2.45) is 0 Å². The zero-order valence-electron chi connectivity index (χ0n) is 12.0. The van der Waals surface area contributed by atoms with Crippen molar-refractivity contribution >= 4 is 17.1 Å². The summed E-state index contributed by atoms with van der Waals surface area (Å²) in [6, 6.07) is 9.76. The lowest BCUT2D eigenvalue weighted by Crippen LogP contribution is -2.16. The van der Waals surface area contributed by atoms with E-state index in [-0.39, 0.29) is 28.2 Å². The third-order valence-electron chi connectivity index (χ3n) is 3.83. The third-order valence-corrected chi connectivity index (χ3v) is 3.83. The molecule has 2 N–H and O–H groups in total. The van der Waals surface area contributed by atoms with Crippen molar-refractivity contribution < 1.29 is 19.8 Å². The van der Waals surface area contributed by atoms with Gasteiger partial charge >= 0.3 is 0 Å². The molecule has 0 unspecified atom stereocenters. The molecule has 0 fully saturated rings. The van der Waals surface area contributed by atoms with Gasteiger partial charge in [0.1, 0.15) is 11.5 Å². The van der Waals surface area contributed by atoms with Crippen LogP contribution in [0.2, 0.25) is 0 Å². The van der Waals surface area contributed by atoms with Crippen LogP contribution in [0.1, 0.15) is 38.8 Å². The molecule has 22 heavy (non-hydrogen) atoms. The van der Waals surface area contributed by atoms with E-state index in [0.29, 0.717) is 5.56 Å². The molecule has 0 aliphatic heterocycles. The van der Waals surface area contributed by atoms with E-state index in [1.807, 2.05) is 19.1 Å². The average molecular weight is 294 g/mol. The van der Waals surface area contributed by atoms with Crippen LogP contribution in [0.15, 0.2) is 42.5 Å². The molecule has 0 radical (unpaired) electrons. The van der Waals surface area contributed by atoms with Gasteiger partial charge in [-0.15, -0.1) is 0 Å². The number of ketones is 2. The monoisotopic (exact) mass is 294 g/mol. The minimum atomic E-state index is -0.488. The van der Waals surface area contributed by atoms with Gasteiger partial charge in [0.2, 0.25) is 0 Å². The molecule has 0 aromatic heterocycles. The summed E-state index contributed by atoms with van der Waals surface area (Å²) in [5, 5.41) is 19.7. The quantitative estimate of drug-likeness (QED) is 0.834. The lowest BCUT2D eigenvalue weighted by atomic mass is 9.85. The predicted molar refractivity (Wildman–Crippen MR) is 82.2 cm³/mol. The summed E-state index contributed by atoms with van der Waals surface area (Å²) >= 11 is 0. The number of fused-ring (bicyclic) bond motifs is 1. The number of aryl methyl sites for hydroxylation is 1. The van der Waals surface area contributed by atoms with Crippen LogP contribution in [0.25, 0.3) is 5.57 Å². The number of hydrogen-bond donors (Lipinski definition) is 2. The van der Waals surface area contributed by atoms with Gasteiger partial charge in [-0.1, -0.05) is 31.2 Å². The molecule has 0 bridgehead atoms. The number of carbonyl (C=O) groups is 2. The van der Waals surface area contributed by atoms with E-state index in [2.05, 4.69) is 0 Å². The van der Waals surface area contributed by atoms with Crippen LogP contribution in [0.4, 0.5) is 0 Å². The van der Waals surface area contributed by atoms with Gasteiger partial charge in [-0.25, -0.2) is 0 Å². The van der Waals surface area contributed by atoms with Gasteiger partial charge < -0.3 is 10.2 Å². The SMILES string of the molecule is CCc1ccc(C2=CC(=O)c3c(O)ccc(O)c3C2=O)cc1. The van der Waals surface area contributed by atoms with Crippen LogP contribution >= 0.6 is 0 Å². The highest BCUT2D eigenvalue weighted by Gasteiger charge is 2.31. The summed E-state index contributed by atoms with van der Waals surface area (Å²) in [5.74, 6) is -1.56. The van der Waals surface area contributed by atoms with E-state index in [0.717, 1.165) is 12.0 Å². The van der Waals surface area contributed by atoms with Gasteiger partial charge in [0, 0.05) is 5.57 Å². The summed E-state index contributed by atoms with van der Waals surface area (Å²) in [6.45, 7) is 2.03. The normalized spacial score (nSPS) is 13.8. The molecular weight excluding hydrogens is 280 g/mol. The van der Waals surface area contributed by atoms with Crippen LogP contribution in [-0.2, 0) is 6.42 Å². The second-order valence-electron chi connectivity index (χ2n) is 5.16. The Labute approximate surface area is 127 Å². The molecular formula is C18H14O4. The zero-order chi connectivity index (χ0) is 15.9. The number of phenolic OH excluding ortho intramolecular Hbond substituents is 2. The molecule has 1 aliphatic rings. The van der Waals surface area contributed by atoms with Crippen LogP contribution < -0.4 is 0 Å². The molecule has 0 saturated carbocycles. The predicted octanol–water partition coefficient (Wildman–Crippen LogP) is 3.12. The summed E-state index contributed by atoms with van der Waals surface area (Å²) in [4.78, 5) is 24.8. The van der Waals surface area contributed by atoms with Crippen LogP contribution in [0, 0.1) is 0 Å². The first kappa shape index (κ1) is 14.1. The molecule has 4 heteroatoms. The Bertz CT molecular complexity index is 814. The van der Waals surface area contributed by atoms with Gasteiger partial charge in [-0.2, -0.15) is 0 Å². The van der Waals surface area contributed by atoms with Crippen molar-refractivity contribution in [2.45, 2.75) is 13.3 Å². The highest BCUT2D eigenvalue weighted by molar-refractivity contribution is 6.39. The second-order valence-corrected chi connectivity index (χ2v) is 5.16. The van der Waals surface area contributed by atoms with Gasteiger partial charge in [0.15, 0.2) is 11.6 Å². The average Bonchev–Trinajstić information content (AvgIpc) is 2.53. The van der Waals surface area contributed by atoms with Crippen LogP contribution in [0.3, 0.4) is 0 Å². The molecule has 0 saturated heterocycles. The standard InChI is InChI=1S/C18H14O4/c1-2-10-3-5-11(6-4-10)12-9-15(21)16-13(19)7-8-14(20)17(16)18(12)22/h3-9,19-20H,2H2,1H3. The first-order valence-electron chi connectivity index (χ1n) is 6.98. The highest BCUT2D eigenvalue weighted by atomic mass is 16.3. The fraction of sp³-hybridized carbons (Fsp3) is 0.111. The first-order valence-corrected chi connectivity index (χ1v) is 6.98. The summed E-state index contributed by atoms with van der Waals surface area (Å²) < 4.78 is 0. The first-order chi connectivity index (χ1) is 10.5. The van der Waals surface area contributed by atoms with Crippen molar-refractivity contribution in [3.05, 3.63) is 64.7 Å². The fourth-order valence-corrected chi connectivity index (χ4v) is 2.60. The van der Waals surface area contributed by atoms with Crippen molar-refractivity contribution in [3.63, 3.8) is 0 Å². The molecule has 0 amide bonds. The maximum atomic E-state index is 12.6. The number of rotatable bonds is 2. The van der Waals surface area contributed by atoms with Gasteiger partial charge in [0.05, 0.1) is 11.1 Å². The maximum absolute atomic E-state index is 12.6. The topological polar surface area (TPSA) is 74.6 Å². The van der Waals surface area contributed by atoms with E-state index < -0.39 is 11.6 Å². The molecule has 1 aliphatic carbocycles. The Morgan fingerprint density at radius 3 is 2.05 bits per heavy atom. The van der Waals surface area contributed by atoms with Crippen molar-refractivity contribution in [2.75, 3.05) is 0 Å². The van der Waals surface area contributed by atoms with Crippen molar-refractivity contribution in [1.29, 1.82) is 0 Å². The Balaban J connectivity index is 2.14. The lowest BCUT2D eigenvalue weighted by molar-refractivity contribution is 0.0996. The maximum Gasteiger partial charge on any atom is 0.198 e. The largest absolute Gasteiger partial charge is 0.507 e. The smallest absolute Gasteiger partial charge is 0.198 e. The summed E-state index contributed by atoms with van der Waals surface area (Å²) in [7, 11) is 0. The van der Waals surface area contributed by atoms with E-state index >= 15 is 0 Å². The van der Waals surface area contributed by atoms with Gasteiger partial charge in [-0.05, 0) is 35.8 Å². The van der Waals surface area contributed by atoms with Gasteiger partial charge in [0.25, 0.3) is 0 Å². The molecule has 2 aromatic carbocycles. The lowest BCUT2D eigenvalue weighted by Gasteiger charge is -2.17. The number of carbonyl (C=O) groups excluding carboxylic acids is 2. The molecule has 4 nitrogen and oxygen atoms in total. The minimum absolute atomic E-state index is 0.137. The molecule has 2 aromatic rings. The number of phenols is 2. The number of hydrogen-bond acceptors (Lipinski definition) is 4. The van der Waals surface area contributed by atoms with Crippen LogP contribution in [0.5, 0.6) is 11.5 Å². The van der Waals surface area contributed by atoms with E-state index in [4.69, 9.17) is 0 Å². The van der Waals surface area contributed by atoms with Crippen molar-refractivity contribution in [3.8, 4) is 11.5 Å². The fourth-order valence-electron chi connectivity index (χ4n) is 2.60. The number of benzene rings is 2. The number of allylic oxidation sites excluding steroid dienone is 2. The Kier molecular flexibility index (Phi) is 3.29. The van der Waals surface area contributed by atoms with E-state index in [1.165, 1.54) is 18.2 Å². The van der Waals surface area contributed by atoms with Crippen LogP contribution in [-0.4, -0.2) is 21.8 Å². The Morgan fingerprint density at radius 1 is 0.864 bits per heavy atom.